The van der Waals surface area contributed by atoms with Crippen molar-refractivity contribution in [3.63, 3.8) is 0 Å². The molecule has 0 aliphatic carbocycles. The van der Waals surface area contributed by atoms with Crippen LogP contribution in [0, 0.1) is 6.92 Å². The van der Waals surface area contributed by atoms with Crippen molar-refractivity contribution in [2.75, 3.05) is 20.3 Å². The highest BCUT2D eigenvalue weighted by atomic mass is 16.5. The highest BCUT2D eigenvalue weighted by Crippen LogP contribution is 2.28. The number of ether oxygens (including phenoxy) is 2. The molecule has 0 radical (unpaired) electrons. The number of aryl methyl sites for hydroxylation is 1. The molecule has 0 bridgehead atoms. The number of rotatable bonds is 4. The van der Waals surface area contributed by atoms with Crippen LogP contribution in [-0.4, -0.2) is 55.0 Å². The van der Waals surface area contributed by atoms with Crippen LogP contribution in [0.5, 0.6) is 5.75 Å². The van der Waals surface area contributed by atoms with Crippen LogP contribution in [0.15, 0.2) is 22.6 Å². The van der Waals surface area contributed by atoms with Crippen LogP contribution in [0.25, 0.3) is 11.0 Å². The summed E-state index contributed by atoms with van der Waals surface area (Å²) in [5.74, 6) is -0.426. The summed E-state index contributed by atoms with van der Waals surface area (Å²) in [7, 11) is 1.55. The molecule has 2 aliphatic heterocycles. The lowest BCUT2D eigenvalue weighted by Gasteiger charge is -2.34. The van der Waals surface area contributed by atoms with Crippen LogP contribution in [0.2, 0.25) is 0 Å². The average Bonchev–Trinajstić information content (AvgIpc) is 3.30. The molecule has 2 amide bonds. The van der Waals surface area contributed by atoms with E-state index in [2.05, 4.69) is 5.32 Å². The highest BCUT2D eigenvalue weighted by molar-refractivity contribution is 5.98. The summed E-state index contributed by atoms with van der Waals surface area (Å²) in [6.07, 6.45) is 1.48. The fraction of sp³-hybridized carbons (Fsp3) is 0.421. The van der Waals surface area contributed by atoms with E-state index < -0.39 is 18.1 Å². The minimum atomic E-state index is -0.859. The Balaban J connectivity index is 1.46. The van der Waals surface area contributed by atoms with Gasteiger partial charge in [-0.2, -0.15) is 0 Å². The molecule has 8 heteroatoms. The van der Waals surface area contributed by atoms with E-state index in [9.17, 15) is 14.4 Å². The van der Waals surface area contributed by atoms with Crippen molar-refractivity contribution in [2.24, 2.45) is 0 Å². The van der Waals surface area contributed by atoms with Gasteiger partial charge in [0.2, 0.25) is 17.6 Å². The first-order valence-electron chi connectivity index (χ1n) is 8.84. The van der Waals surface area contributed by atoms with Gasteiger partial charge in [0, 0.05) is 18.0 Å². The second-order valence-corrected chi connectivity index (χ2v) is 6.82. The summed E-state index contributed by atoms with van der Waals surface area (Å²) in [5, 5.41) is 3.42. The number of carbonyl (C=O) groups is 3. The first-order valence-corrected chi connectivity index (χ1v) is 8.84. The number of nitrogens with one attached hydrogen (secondary N) is 1. The summed E-state index contributed by atoms with van der Waals surface area (Å²) in [6.45, 7) is 2.22. The maximum Gasteiger partial charge on any atom is 0.374 e. The van der Waals surface area contributed by atoms with Gasteiger partial charge in [0.15, 0.2) is 0 Å². The molecule has 0 unspecified atom stereocenters. The van der Waals surface area contributed by atoms with E-state index >= 15 is 0 Å². The number of carbonyl (C=O) groups excluding carboxylic acids is 3. The zero-order valence-electron chi connectivity index (χ0n) is 15.1. The number of methoxy groups -OCH3 is 1. The molecule has 2 atom stereocenters. The lowest BCUT2D eigenvalue weighted by Crippen LogP contribution is -2.62. The summed E-state index contributed by atoms with van der Waals surface area (Å²) in [4.78, 5) is 38.4. The Hall–Kier alpha value is -3.03. The highest BCUT2D eigenvalue weighted by Gasteiger charge is 2.43. The normalized spacial score (nSPS) is 21.9. The third kappa shape index (κ3) is 3.01. The Labute approximate surface area is 155 Å². The average molecular weight is 372 g/mol. The number of hydrogen-bond donors (Lipinski definition) is 1. The van der Waals surface area contributed by atoms with E-state index in [-0.39, 0.29) is 24.2 Å². The number of nitrogens with zero attached hydrogens (tertiary/aromatic N) is 1. The van der Waals surface area contributed by atoms with Crippen molar-refractivity contribution >= 4 is 28.8 Å². The first kappa shape index (κ1) is 17.4. The number of furan rings is 1. The zero-order valence-corrected chi connectivity index (χ0v) is 15.1. The quantitative estimate of drug-likeness (QED) is 0.815. The monoisotopic (exact) mass is 372 g/mol. The molecule has 1 aromatic carbocycles. The van der Waals surface area contributed by atoms with Crippen molar-refractivity contribution in [3.05, 3.63) is 29.5 Å². The van der Waals surface area contributed by atoms with Crippen molar-refractivity contribution in [2.45, 2.75) is 31.8 Å². The minimum absolute atomic E-state index is 0.0370. The molecule has 1 N–H and O–H groups in total. The summed E-state index contributed by atoms with van der Waals surface area (Å²) in [5.41, 5.74) is 1.42. The lowest BCUT2D eigenvalue weighted by atomic mass is 10.1. The van der Waals surface area contributed by atoms with E-state index in [0.29, 0.717) is 24.3 Å². The van der Waals surface area contributed by atoms with Gasteiger partial charge >= 0.3 is 5.97 Å². The van der Waals surface area contributed by atoms with Crippen LogP contribution in [-0.2, 0) is 14.3 Å². The molecule has 0 saturated carbocycles. The SMILES string of the molecule is COc1cc(C)c2cc(C(=O)OC[C@@H]3NC(=O)[C@@H]4CCCN4C3=O)oc2c1. The molecule has 142 valence electrons. The topological polar surface area (TPSA) is 98.1 Å². The number of benzene rings is 1. The lowest BCUT2D eigenvalue weighted by molar-refractivity contribution is -0.148. The molecule has 27 heavy (non-hydrogen) atoms. The standard InChI is InChI=1S/C19H20N2O6/c1-10-6-11(25-2)7-15-12(10)8-16(27-15)19(24)26-9-13-18(23)21-5-3-4-14(21)17(22)20-13/h6-8,13-14H,3-5,9H2,1-2H3,(H,20,22)/t13-,14-/m0/s1. The Bertz CT molecular complexity index is 934. The number of piperazine rings is 1. The third-order valence-electron chi connectivity index (χ3n) is 5.09. The summed E-state index contributed by atoms with van der Waals surface area (Å²) >= 11 is 0. The van der Waals surface area contributed by atoms with Crippen LogP contribution in [0.1, 0.15) is 29.0 Å². The van der Waals surface area contributed by atoms with Crippen molar-refractivity contribution < 1.29 is 28.3 Å². The first-order chi connectivity index (χ1) is 13.0. The Kier molecular flexibility index (Phi) is 4.25. The molecule has 4 rings (SSSR count). The van der Waals surface area contributed by atoms with E-state index in [1.807, 2.05) is 13.0 Å². The molecule has 0 spiro atoms. The van der Waals surface area contributed by atoms with Gasteiger partial charge in [0.05, 0.1) is 7.11 Å². The van der Waals surface area contributed by atoms with E-state index in [1.54, 1.807) is 24.1 Å². The van der Waals surface area contributed by atoms with Gasteiger partial charge in [-0.05, 0) is 37.5 Å². The van der Waals surface area contributed by atoms with Gasteiger partial charge in [-0.25, -0.2) is 4.79 Å². The number of esters is 1. The third-order valence-corrected chi connectivity index (χ3v) is 5.09. The largest absolute Gasteiger partial charge is 0.497 e. The van der Waals surface area contributed by atoms with Crippen molar-refractivity contribution in [3.8, 4) is 5.75 Å². The Morgan fingerprint density at radius 2 is 2.15 bits per heavy atom. The van der Waals surface area contributed by atoms with Gasteiger partial charge in [-0.3, -0.25) is 9.59 Å². The van der Waals surface area contributed by atoms with Gasteiger partial charge in [-0.15, -0.1) is 0 Å². The van der Waals surface area contributed by atoms with Crippen molar-refractivity contribution in [1.82, 2.24) is 10.2 Å². The predicted molar refractivity (Wildman–Crippen MR) is 94.5 cm³/mol. The smallest absolute Gasteiger partial charge is 0.374 e. The van der Waals surface area contributed by atoms with Crippen LogP contribution >= 0.6 is 0 Å². The molecule has 2 saturated heterocycles. The van der Waals surface area contributed by atoms with Crippen LogP contribution < -0.4 is 10.1 Å². The van der Waals surface area contributed by atoms with E-state index in [4.69, 9.17) is 13.9 Å². The predicted octanol–water partition coefficient (Wildman–Crippen LogP) is 1.40. The van der Waals surface area contributed by atoms with Gasteiger partial charge in [0.25, 0.3) is 0 Å². The fourth-order valence-corrected chi connectivity index (χ4v) is 3.68. The van der Waals surface area contributed by atoms with E-state index in [1.165, 1.54) is 0 Å². The maximum absolute atomic E-state index is 12.4. The molecule has 2 fully saturated rings. The van der Waals surface area contributed by atoms with Gasteiger partial charge < -0.3 is 24.1 Å². The Morgan fingerprint density at radius 3 is 2.93 bits per heavy atom. The molecule has 2 aromatic rings. The summed E-state index contributed by atoms with van der Waals surface area (Å²) in [6, 6.07) is 3.89. The number of hydrogen-bond acceptors (Lipinski definition) is 6. The second-order valence-electron chi connectivity index (χ2n) is 6.82. The fourth-order valence-electron chi connectivity index (χ4n) is 3.68. The molecular formula is C19H20N2O6. The van der Waals surface area contributed by atoms with Crippen LogP contribution in [0.4, 0.5) is 0 Å². The second kappa shape index (κ2) is 6.61. The van der Waals surface area contributed by atoms with E-state index in [0.717, 1.165) is 17.4 Å². The zero-order chi connectivity index (χ0) is 19.1. The molecule has 3 heterocycles. The Morgan fingerprint density at radius 1 is 1.33 bits per heavy atom. The molecular weight excluding hydrogens is 352 g/mol. The minimum Gasteiger partial charge on any atom is -0.497 e. The van der Waals surface area contributed by atoms with Crippen molar-refractivity contribution in [1.29, 1.82) is 0 Å². The molecule has 1 aromatic heterocycles. The molecule has 2 aliphatic rings. The maximum atomic E-state index is 12.4. The van der Waals surface area contributed by atoms with Gasteiger partial charge in [-0.1, -0.05) is 0 Å². The van der Waals surface area contributed by atoms with Gasteiger partial charge in [0.1, 0.15) is 30.0 Å². The number of fused-ring (bicyclic) bond motifs is 2. The number of amides is 2. The van der Waals surface area contributed by atoms with Crippen LogP contribution in [0.3, 0.4) is 0 Å². The summed E-state index contributed by atoms with van der Waals surface area (Å²) < 4.78 is 16.0. The molecule has 8 nitrogen and oxygen atoms in total.